The van der Waals surface area contributed by atoms with Gasteiger partial charge in [-0.15, -0.1) is 0 Å². The number of carboxylic acids is 2. The summed E-state index contributed by atoms with van der Waals surface area (Å²) in [6, 6.07) is 8.76. The molecular formula is C24H18Cl4Li2O8. The Kier molecular flexibility index (Phi) is 19.4. The molecule has 0 bridgehead atoms. The Hall–Kier alpha value is -1.85. The third-order valence-corrected chi connectivity index (χ3v) is 5.66. The monoisotopic (exact) mass is 588 g/mol. The number of aliphatic hydroxyl groups is 2. The first-order chi connectivity index (χ1) is 16.8. The normalized spacial score (nSPS) is 10.7. The number of allylic oxidation sites excluding steroid dienone is 2. The molecule has 0 aliphatic carbocycles. The van der Waals surface area contributed by atoms with E-state index in [9.17, 15) is 39.6 Å². The van der Waals surface area contributed by atoms with E-state index in [-0.39, 0.29) is 85.0 Å². The van der Waals surface area contributed by atoms with Crippen molar-refractivity contribution in [1.82, 2.24) is 0 Å². The summed E-state index contributed by atoms with van der Waals surface area (Å²) in [6.45, 7) is 0. The molecule has 0 amide bonds. The van der Waals surface area contributed by atoms with Gasteiger partial charge in [-0.1, -0.05) is 46.4 Å². The van der Waals surface area contributed by atoms with Crippen molar-refractivity contribution in [1.29, 1.82) is 0 Å². The van der Waals surface area contributed by atoms with Crippen LogP contribution in [0.5, 0.6) is 0 Å². The van der Waals surface area contributed by atoms with E-state index >= 15 is 0 Å². The van der Waals surface area contributed by atoms with Crippen LogP contribution < -0.4 is 47.9 Å². The number of aliphatic carboxylic acids is 2. The minimum atomic E-state index is -1.31. The van der Waals surface area contributed by atoms with Crippen LogP contribution in [0.15, 0.2) is 48.6 Å². The Morgan fingerprint density at radius 1 is 0.605 bits per heavy atom. The van der Waals surface area contributed by atoms with E-state index in [0.717, 1.165) is 12.2 Å². The number of ketones is 2. The minimum Gasteiger partial charge on any atom is -0.550 e. The van der Waals surface area contributed by atoms with E-state index in [1.54, 1.807) is 0 Å². The van der Waals surface area contributed by atoms with E-state index in [1.165, 1.54) is 36.4 Å². The van der Waals surface area contributed by atoms with Crippen LogP contribution in [-0.4, -0.2) is 33.7 Å². The van der Waals surface area contributed by atoms with Crippen LogP contribution in [0.2, 0.25) is 20.1 Å². The molecule has 14 heteroatoms. The largest absolute Gasteiger partial charge is 1.00 e. The number of carbonyl (C=O) groups is 4. The van der Waals surface area contributed by atoms with Crippen LogP contribution in [0, 0.1) is 0 Å². The molecule has 2 aromatic carbocycles. The zero-order valence-electron chi connectivity index (χ0n) is 20.3. The Morgan fingerprint density at radius 3 is 1.18 bits per heavy atom. The van der Waals surface area contributed by atoms with Gasteiger partial charge in [-0.3, -0.25) is 9.59 Å². The van der Waals surface area contributed by atoms with Gasteiger partial charge in [0.25, 0.3) is 0 Å². The van der Waals surface area contributed by atoms with Gasteiger partial charge in [0.05, 0.1) is 20.1 Å². The molecule has 0 heterocycles. The maximum Gasteiger partial charge on any atom is 1.00 e. The Labute approximate surface area is 262 Å². The van der Waals surface area contributed by atoms with Gasteiger partial charge in [0.2, 0.25) is 0 Å². The Balaban J connectivity index is 0. The molecular weight excluding hydrogens is 572 g/mol. The second-order valence-electron chi connectivity index (χ2n) is 6.99. The summed E-state index contributed by atoms with van der Waals surface area (Å²) in [5, 5.41) is 40.8. The molecule has 0 saturated carbocycles. The van der Waals surface area contributed by atoms with Crippen LogP contribution in [-0.2, 0) is 19.2 Å². The van der Waals surface area contributed by atoms with Crippen molar-refractivity contribution in [2.75, 3.05) is 0 Å². The first-order valence-electron chi connectivity index (χ1n) is 9.97. The molecule has 2 N–H and O–H groups in total. The predicted molar refractivity (Wildman–Crippen MR) is 133 cm³/mol. The van der Waals surface area contributed by atoms with Crippen LogP contribution in [0.1, 0.15) is 36.8 Å². The zero-order chi connectivity index (χ0) is 27.4. The molecule has 0 radical (unpaired) electrons. The van der Waals surface area contributed by atoms with Gasteiger partial charge in [0.15, 0.2) is 11.6 Å². The van der Waals surface area contributed by atoms with Crippen molar-refractivity contribution in [2.24, 2.45) is 0 Å². The number of hydrogen-bond acceptors (Lipinski definition) is 8. The number of aliphatic hydroxyl groups excluding tert-OH is 2. The number of halogens is 4. The predicted octanol–water partition coefficient (Wildman–Crippen LogP) is -2.01. The molecule has 0 aliphatic heterocycles. The molecule has 0 atom stereocenters. The first kappa shape index (κ1) is 38.3. The molecule has 0 unspecified atom stereocenters. The number of rotatable bonds is 10. The van der Waals surface area contributed by atoms with Gasteiger partial charge < -0.3 is 30.0 Å². The zero-order valence-corrected chi connectivity index (χ0v) is 23.3. The third-order valence-electron chi connectivity index (χ3n) is 4.18. The Bertz CT molecular complexity index is 1120. The van der Waals surface area contributed by atoms with Crippen LogP contribution in [0.4, 0.5) is 0 Å². The number of benzene rings is 2. The first-order valence-corrected chi connectivity index (χ1v) is 11.5. The molecule has 192 valence electrons. The molecule has 0 aromatic heterocycles. The number of carbonyl (C=O) groups excluding carboxylic acids is 4. The summed E-state index contributed by atoms with van der Waals surface area (Å²) >= 11 is 22.9. The molecule has 8 nitrogen and oxygen atoms in total. The van der Waals surface area contributed by atoms with Gasteiger partial charge >= 0.3 is 37.7 Å². The third kappa shape index (κ3) is 14.9. The summed E-state index contributed by atoms with van der Waals surface area (Å²) in [4.78, 5) is 42.9. The van der Waals surface area contributed by atoms with Gasteiger partial charge in [0.1, 0.15) is 11.5 Å². The molecule has 2 aromatic rings. The quantitative estimate of drug-likeness (QED) is 0.183. The summed E-state index contributed by atoms with van der Waals surface area (Å²) in [7, 11) is 0. The fraction of sp³-hybridized carbons (Fsp3) is 0.167. The fourth-order valence-corrected chi connectivity index (χ4v) is 2.97. The van der Waals surface area contributed by atoms with Crippen molar-refractivity contribution in [3.05, 3.63) is 79.8 Å². The summed E-state index contributed by atoms with van der Waals surface area (Å²) in [5.41, 5.74) is 0.650. The van der Waals surface area contributed by atoms with E-state index in [0.29, 0.717) is 21.2 Å². The number of hydrogen-bond donors (Lipinski definition) is 2. The molecule has 38 heavy (non-hydrogen) atoms. The van der Waals surface area contributed by atoms with E-state index in [2.05, 4.69) is 0 Å². The second kappa shape index (κ2) is 19.3. The minimum absolute atomic E-state index is 0. The fourth-order valence-electron chi connectivity index (χ4n) is 2.38. The van der Waals surface area contributed by atoms with Gasteiger partial charge in [0, 0.05) is 48.1 Å². The van der Waals surface area contributed by atoms with E-state index < -0.39 is 23.5 Å². The summed E-state index contributed by atoms with van der Waals surface area (Å²) in [5.74, 6) is -4.24. The SMILES string of the molecule is O=C([O-])CCC(=O)C=C(O)c1ccc(Cl)c(Cl)c1.O=C([O-])CCC(=O)C=C(O)c1ccc(Cl)c(Cl)c1.[Li+].[Li+]. The molecule has 0 fully saturated rings. The standard InChI is InChI=1S/2C12H10Cl2O4.2Li/c2*13-9-3-1-7(5-10(9)14)11(16)6-8(15)2-4-12(17)18;;/h2*1,3,5-6,16H,2,4H2,(H,17,18);;/q;;2*+1/p-2. The smallest absolute Gasteiger partial charge is 0.550 e. The molecule has 0 spiro atoms. The summed E-state index contributed by atoms with van der Waals surface area (Å²) in [6.07, 6.45) is 0.667. The summed E-state index contributed by atoms with van der Waals surface area (Å²) < 4.78 is 0. The van der Waals surface area contributed by atoms with Crippen molar-refractivity contribution in [2.45, 2.75) is 25.7 Å². The van der Waals surface area contributed by atoms with Crippen molar-refractivity contribution < 1.29 is 77.3 Å². The average Bonchev–Trinajstić information content (AvgIpc) is 2.80. The van der Waals surface area contributed by atoms with E-state index in [1.807, 2.05) is 0 Å². The average molecular weight is 590 g/mol. The van der Waals surface area contributed by atoms with Crippen LogP contribution in [0.25, 0.3) is 11.5 Å². The van der Waals surface area contributed by atoms with Crippen molar-refractivity contribution in [3.63, 3.8) is 0 Å². The maximum atomic E-state index is 11.3. The molecule has 0 aliphatic rings. The molecule has 2 rings (SSSR count). The van der Waals surface area contributed by atoms with Gasteiger partial charge in [-0.25, -0.2) is 0 Å². The second-order valence-corrected chi connectivity index (χ2v) is 8.62. The van der Waals surface area contributed by atoms with E-state index in [4.69, 9.17) is 46.4 Å². The maximum absolute atomic E-state index is 11.3. The van der Waals surface area contributed by atoms with Gasteiger partial charge in [-0.2, -0.15) is 0 Å². The Morgan fingerprint density at radius 2 is 0.921 bits per heavy atom. The van der Waals surface area contributed by atoms with Gasteiger partial charge in [-0.05, 0) is 49.2 Å². The van der Waals surface area contributed by atoms with Crippen molar-refractivity contribution in [3.8, 4) is 0 Å². The van der Waals surface area contributed by atoms with Crippen molar-refractivity contribution >= 4 is 81.4 Å². The van der Waals surface area contributed by atoms with Crippen LogP contribution >= 0.6 is 46.4 Å². The topological polar surface area (TPSA) is 155 Å². The van der Waals surface area contributed by atoms with Crippen LogP contribution in [0.3, 0.4) is 0 Å². The number of carboxylic acid groups (broad SMARTS) is 2. The molecule has 0 saturated heterocycles.